The average Bonchev–Trinajstić information content (AvgIpc) is 2.71. The molecule has 1 aliphatic rings. The number of thiophene rings is 1. The predicted octanol–water partition coefficient (Wildman–Crippen LogP) is 2.49. The number of halogens is 1. The van der Waals surface area contributed by atoms with Crippen molar-refractivity contribution >= 4 is 39.1 Å². The maximum atomic E-state index is 12.2. The smallest absolute Gasteiger partial charge is 0.317 e. The lowest BCUT2D eigenvalue weighted by Gasteiger charge is -2.42. The Balaban J connectivity index is 1.84. The lowest BCUT2D eigenvalue weighted by atomic mass is 9.85. The van der Waals surface area contributed by atoms with E-state index in [1.165, 1.54) is 11.3 Å². The molecule has 7 heteroatoms. The van der Waals surface area contributed by atoms with Crippen molar-refractivity contribution in [2.45, 2.75) is 38.8 Å². The van der Waals surface area contributed by atoms with Crippen molar-refractivity contribution in [3.05, 3.63) is 20.3 Å². The Morgan fingerprint density at radius 1 is 1.52 bits per heavy atom. The summed E-state index contributed by atoms with van der Waals surface area (Å²) >= 11 is 4.86. The summed E-state index contributed by atoms with van der Waals surface area (Å²) in [6, 6.07) is 0.393. The van der Waals surface area contributed by atoms with E-state index in [9.17, 15) is 9.59 Å². The second-order valence-corrected chi connectivity index (χ2v) is 6.99. The first-order chi connectivity index (χ1) is 9.92. The number of carbonyl (C=O) groups excluding carboxylic acids is 1. The monoisotopic (exact) mass is 374 g/mol. The predicted molar refractivity (Wildman–Crippen MR) is 85.9 cm³/mol. The Labute approximate surface area is 136 Å². The number of rotatable bonds is 6. The fraction of sp³-hybridized carbons (Fsp3) is 0.571. The molecule has 1 amide bonds. The minimum absolute atomic E-state index is 0.0512. The summed E-state index contributed by atoms with van der Waals surface area (Å²) in [4.78, 5) is 25.6. The van der Waals surface area contributed by atoms with Crippen molar-refractivity contribution in [2.75, 3.05) is 13.1 Å². The van der Waals surface area contributed by atoms with Gasteiger partial charge in [-0.1, -0.05) is 6.92 Å². The molecule has 2 rings (SSSR count). The molecule has 0 aliphatic heterocycles. The van der Waals surface area contributed by atoms with Crippen molar-refractivity contribution < 1.29 is 14.7 Å². The lowest BCUT2D eigenvalue weighted by Crippen LogP contribution is -2.54. The Bertz CT molecular complexity index is 540. The molecule has 1 saturated carbocycles. The summed E-state index contributed by atoms with van der Waals surface area (Å²) in [6.07, 6.45) is 1.63. The van der Waals surface area contributed by atoms with E-state index < -0.39 is 5.97 Å². The van der Waals surface area contributed by atoms with E-state index in [2.05, 4.69) is 21.2 Å². The van der Waals surface area contributed by atoms with Crippen molar-refractivity contribution in [1.82, 2.24) is 10.2 Å². The summed E-state index contributed by atoms with van der Waals surface area (Å²) in [6.45, 7) is 4.70. The molecule has 2 N–H and O–H groups in total. The summed E-state index contributed by atoms with van der Waals surface area (Å²) in [5.74, 6) is -0.855. The molecule has 1 aromatic rings. The number of hydrogen-bond acceptors (Lipinski definition) is 4. The number of aliphatic carboxylic acids is 1. The van der Waals surface area contributed by atoms with Crippen molar-refractivity contribution in [3.63, 3.8) is 0 Å². The first kappa shape index (κ1) is 16.5. The van der Waals surface area contributed by atoms with Gasteiger partial charge < -0.3 is 10.4 Å². The molecule has 0 bridgehead atoms. The fourth-order valence-electron chi connectivity index (χ4n) is 2.51. The zero-order chi connectivity index (χ0) is 15.6. The third kappa shape index (κ3) is 3.84. The van der Waals surface area contributed by atoms with Crippen LogP contribution in [0.4, 0.5) is 0 Å². The molecule has 1 fully saturated rings. The number of carbonyl (C=O) groups is 2. The van der Waals surface area contributed by atoms with E-state index in [1.807, 2.05) is 24.1 Å². The molecule has 0 saturated heterocycles. The normalized spacial score (nSPS) is 21.1. The highest BCUT2D eigenvalue weighted by Gasteiger charge is 2.35. The highest BCUT2D eigenvalue weighted by atomic mass is 79.9. The highest BCUT2D eigenvalue weighted by Crippen LogP contribution is 2.30. The summed E-state index contributed by atoms with van der Waals surface area (Å²) in [5.41, 5.74) is 1.07. The molecule has 0 atom stereocenters. The molecule has 5 nitrogen and oxygen atoms in total. The molecule has 0 aromatic carbocycles. The quantitative estimate of drug-likeness (QED) is 0.802. The van der Waals surface area contributed by atoms with Gasteiger partial charge in [0.05, 0.1) is 6.54 Å². The molecule has 0 unspecified atom stereocenters. The maximum Gasteiger partial charge on any atom is 0.317 e. The van der Waals surface area contributed by atoms with E-state index in [1.54, 1.807) is 0 Å². The molecule has 1 aliphatic carbocycles. The van der Waals surface area contributed by atoms with Crippen LogP contribution in [0.25, 0.3) is 0 Å². The third-order valence-electron chi connectivity index (χ3n) is 3.81. The topological polar surface area (TPSA) is 69.6 Å². The van der Waals surface area contributed by atoms with E-state index >= 15 is 0 Å². The largest absolute Gasteiger partial charge is 0.480 e. The number of nitrogens with one attached hydrogen (secondary N) is 1. The average molecular weight is 375 g/mol. The molecular weight excluding hydrogens is 356 g/mol. The Hall–Kier alpha value is -0.920. The number of carboxylic acids is 1. The van der Waals surface area contributed by atoms with Gasteiger partial charge in [0, 0.05) is 16.6 Å². The lowest BCUT2D eigenvalue weighted by molar-refractivity contribution is -0.139. The number of amides is 1. The second-order valence-electron chi connectivity index (χ2n) is 5.31. The van der Waals surface area contributed by atoms with Gasteiger partial charge in [0.1, 0.15) is 4.88 Å². The van der Waals surface area contributed by atoms with E-state index in [-0.39, 0.29) is 24.5 Å². The molecule has 21 heavy (non-hydrogen) atoms. The van der Waals surface area contributed by atoms with Crippen molar-refractivity contribution in [3.8, 4) is 0 Å². The summed E-state index contributed by atoms with van der Waals surface area (Å²) < 4.78 is 0.863. The molecule has 1 aromatic heterocycles. The fourth-order valence-corrected chi connectivity index (χ4v) is 4.08. The van der Waals surface area contributed by atoms with Gasteiger partial charge >= 0.3 is 5.97 Å². The van der Waals surface area contributed by atoms with Crippen LogP contribution in [-0.2, 0) is 4.79 Å². The number of carboxylic acid groups (broad SMARTS) is 1. The van der Waals surface area contributed by atoms with Crippen LogP contribution >= 0.6 is 27.3 Å². The Morgan fingerprint density at radius 2 is 2.19 bits per heavy atom. The van der Waals surface area contributed by atoms with Crippen LogP contribution in [-0.4, -0.2) is 47.1 Å². The van der Waals surface area contributed by atoms with Gasteiger partial charge in [-0.25, -0.2) is 0 Å². The zero-order valence-electron chi connectivity index (χ0n) is 12.1. The number of likely N-dealkylation sites (N-methyl/N-ethyl adjacent to an activating group) is 1. The van der Waals surface area contributed by atoms with Crippen LogP contribution in [0.3, 0.4) is 0 Å². The van der Waals surface area contributed by atoms with E-state index in [0.29, 0.717) is 11.4 Å². The van der Waals surface area contributed by atoms with Crippen molar-refractivity contribution in [1.29, 1.82) is 0 Å². The summed E-state index contributed by atoms with van der Waals surface area (Å²) in [7, 11) is 0. The Morgan fingerprint density at radius 3 is 2.67 bits per heavy atom. The van der Waals surface area contributed by atoms with Gasteiger partial charge in [0.2, 0.25) is 0 Å². The van der Waals surface area contributed by atoms with E-state index in [4.69, 9.17) is 5.11 Å². The molecule has 0 spiro atoms. The minimum Gasteiger partial charge on any atom is -0.480 e. The van der Waals surface area contributed by atoms with Gasteiger partial charge in [-0.2, -0.15) is 0 Å². The first-order valence-corrected chi connectivity index (χ1v) is 8.59. The third-order valence-corrected chi connectivity index (χ3v) is 6.20. The van der Waals surface area contributed by atoms with Crippen LogP contribution in [0.2, 0.25) is 0 Å². The van der Waals surface area contributed by atoms with Gasteiger partial charge in [-0.3, -0.25) is 14.5 Å². The Kier molecular flexibility index (Phi) is 5.40. The number of nitrogens with zero attached hydrogens (tertiary/aromatic N) is 1. The van der Waals surface area contributed by atoms with Gasteiger partial charge in [-0.15, -0.1) is 11.3 Å². The van der Waals surface area contributed by atoms with Gasteiger partial charge in [0.25, 0.3) is 5.91 Å². The SMILES string of the molecule is CCN(CC(=O)O)C1CC(NC(=O)c2scc(C)c2Br)C1. The van der Waals surface area contributed by atoms with Crippen molar-refractivity contribution in [2.24, 2.45) is 0 Å². The van der Waals surface area contributed by atoms with Crippen LogP contribution in [0.1, 0.15) is 35.0 Å². The second kappa shape index (κ2) is 6.89. The standard InChI is InChI=1S/C14H19BrN2O3S/c1-3-17(6-11(18)19)10-4-9(5-10)16-14(20)13-12(15)8(2)7-21-13/h7,9-10H,3-6H2,1-2H3,(H,16,20)(H,18,19). The minimum atomic E-state index is -0.803. The number of aryl methyl sites for hydroxylation is 1. The molecule has 1 heterocycles. The van der Waals surface area contributed by atoms with Crippen LogP contribution in [0.15, 0.2) is 9.85 Å². The van der Waals surface area contributed by atoms with Crippen LogP contribution < -0.4 is 5.32 Å². The van der Waals surface area contributed by atoms with Gasteiger partial charge in [-0.05, 0) is 53.2 Å². The van der Waals surface area contributed by atoms with Crippen LogP contribution in [0, 0.1) is 6.92 Å². The number of hydrogen-bond donors (Lipinski definition) is 2. The summed E-state index contributed by atoms with van der Waals surface area (Å²) in [5, 5.41) is 13.8. The maximum absolute atomic E-state index is 12.2. The molecule has 116 valence electrons. The molecule has 0 radical (unpaired) electrons. The van der Waals surface area contributed by atoms with Crippen LogP contribution in [0.5, 0.6) is 0 Å². The van der Waals surface area contributed by atoms with Gasteiger partial charge in [0.15, 0.2) is 0 Å². The first-order valence-electron chi connectivity index (χ1n) is 6.92. The molecular formula is C14H19BrN2O3S. The van der Waals surface area contributed by atoms with E-state index in [0.717, 1.165) is 22.9 Å². The highest BCUT2D eigenvalue weighted by molar-refractivity contribution is 9.10. The zero-order valence-corrected chi connectivity index (χ0v) is 14.5.